The normalized spacial score (nSPS) is 23.5. The van der Waals surface area contributed by atoms with Gasteiger partial charge in [0.1, 0.15) is 17.6 Å². The van der Waals surface area contributed by atoms with Gasteiger partial charge in [0, 0.05) is 18.3 Å². The Morgan fingerprint density at radius 2 is 2.11 bits per heavy atom. The minimum absolute atomic E-state index is 0.119. The van der Waals surface area contributed by atoms with E-state index in [0.717, 1.165) is 6.54 Å². The van der Waals surface area contributed by atoms with Crippen LogP contribution < -0.4 is 10.8 Å². The summed E-state index contributed by atoms with van der Waals surface area (Å²) in [5.74, 6) is -0.293. The van der Waals surface area contributed by atoms with Gasteiger partial charge in [0.15, 0.2) is 0 Å². The average molecular weight is 264 g/mol. The molecule has 2 aliphatic rings. The molecule has 1 aromatic heterocycles. The first-order valence-corrected chi connectivity index (χ1v) is 7.03. The number of rotatable bonds is 3. The second-order valence-corrected chi connectivity index (χ2v) is 5.68. The zero-order chi connectivity index (χ0) is 13.5. The SMILES string of the molecule is CNC(N1CCCCC12CC2)n1cc(F)ccc1=N. The van der Waals surface area contributed by atoms with E-state index in [1.165, 1.54) is 50.4 Å². The highest BCUT2D eigenvalue weighted by Crippen LogP contribution is 2.50. The smallest absolute Gasteiger partial charge is 0.142 e. The minimum Gasteiger partial charge on any atom is -0.301 e. The van der Waals surface area contributed by atoms with Gasteiger partial charge in [0.2, 0.25) is 0 Å². The maximum atomic E-state index is 13.5. The molecule has 0 bridgehead atoms. The van der Waals surface area contributed by atoms with Crippen molar-refractivity contribution in [3.05, 3.63) is 29.6 Å². The average Bonchev–Trinajstić information content (AvgIpc) is 3.17. The third kappa shape index (κ3) is 2.21. The molecule has 1 aliphatic heterocycles. The van der Waals surface area contributed by atoms with Crippen molar-refractivity contribution in [3.8, 4) is 0 Å². The molecule has 2 N–H and O–H groups in total. The Balaban J connectivity index is 1.95. The lowest BCUT2D eigenvalue weighted by molar-refractivity contribution is 0.0207. The van der Waals surface area contributed by atoms with E-state index < -0.39 is 0 Å². The summed E-state index contributed by atoms with van der Waals surface area (Å²) in [4.78, 5) is 2.42. The zero-order valence-electron chi connectivity index (χ0n) is 11.3. The molecule has 2 fully saturated rings. The summed E-state index contributed by atoms with van der Waals surface area (Å²) in [6.45, 7) is 1.02. The Kier molecular flexibility index (Phi) is 3.19. The van der Waals surface area contributed by atoms with Gasteiger partial charge in [-0.25, -0.2) is 4.39 Å². The number of hydrogen-bond donors (Lipinski definition) is 2. The fourth-order valence-electron chi connectivity index (χ4n) is 3.32. The maximum absolute atomic E-state index is 13.5. The van der Waals surface area contributed by atoms with Crippen molar-refractivity contribution in [2.45, 2.75) is 43.9 Å². The van der Waals surface area contributed by atoms with Crippen molar-refractivity contribution in [1.82, 2.24) is 14.8 Å². The van der Waals surface area contributed by atoms with Crippen molar-refractivity contribution in [2.75, 3.05) is 13.6 Å². The van der Waals surface area contributed by atoms with Crippen molar-refractivity contribution in [3.63, 3.8) is 0 Å². The van der Waals surface area contributed by atoms with Gasteiger partial charge in [-0.3, -0.25) is 15.6 Å². The topological polar surface area (TPSA) is 44.0 Å². The van der Waals surface area contributed by atoms with Crippen LogP contribution in [0.2, 0.25) is 0 Å². The Labute approximate surface area is 112 Å². The van der Waals surface area contributed by atoms with Gasteiger partial charge < -0.3 is 4.57 Å². The molecule has 1 saturated carbocycles. The second kappa shape index (κ2) is 4.72. The number of hydrogen-bond acceptors (Lipinski definition) is 3. The van der Waals surface area contributed by atoms with E-state index in [1.54, 1.807) is 4.57 Å². The fraction of sp³-hybridized carbons (Fsp3) is 0.643. The minimum atomic E-state index is -0.293. The number of aromatic nitrogens is 1. The molecule has 1 aliphatic carbocycles. The van der Waals surface area contributed by atoms with Crippen LogP contribution in [-0.2, 0) is 0 Å². The number of piperidine rings is 1. The summed E-state index contributed by atoms with van der Waals surface area (Å²) in [7, 11) is 1.88. The van der Waals surface area contributed by atoms with Crippen LogP contribution in [0.4, 0.5) is 4.39 Å². The molecule has 1 unspecified atom stereocenters. The molecule has 5 heteroatoms. The molecular formula is C14H21FN4. The van der Waals surface area contributed by atoms with E-state index in [4.69, 9.17) is 5.41 Å². The molecule has 1 saturated heterocycles. The Morgan fingerprint density at radius 1 is 1.32 bits per heavy atom. The molecule has 1 spiro atoms. The van der Waals surface area contributed by atoms with Crippen LogP contribution in [0.3, 0.4) is 0 Å². The van der Waals surface area contributed by atoms with E-state index in [0.29, 0.717) is 11.0 Å². The summed E-state index contributed by atoms with van der Waals surface area (Å²) < 4.78 is 15.2. The zero-order valence-corrected chi connectivity index (χ0v) is 11.3. The van der Waals surface area contributed by atoms with Crippen molar-refractivity contribution in [1.29, 1.82) is 5.41 Å². The first-order chi connectivity index (χ1) is 9.16. The molecule has 104 valence electrons. The summed E-state index contributed by atoms with van der Waals surface area (Å²) in [6, 6.07) is 2.86. The van der Waals surface area contributed by atoms with E-state index in [9.17, 15) is 4.39 Å². The summed E-state index contributed by atoms with van der Waals surface area (Å²) in [5.41, 5.74) is 0.639. The predicted octanol–water partition coefficient (Wildman–Crippen LogP) is 1.80. The first kappa shape index (κ1) is 12.8. The predicted molar refractivity (Wildman–Crippen MR) is 70.9 cm³/mol. The van der Waals surface area contributed by atoms with Gasteiger partial charge in [-0.2, -0.15) is 0 Å². The largest absolute Gasteiger partial charge is 0.301 e. The van der Waals surface area contributed by atoms with Gasteiger partial charge in [-0.15, -0.1) is 0 Å². The number of nitrogens with zero attached hydrogens (tertiary/aromatic N) is 2. The molecule has 3 rings (SSSR count). The van der Waals surface area contributed by atoms with E-state index in [-0.39, 0.29) is 12.1 Å². The molecule has 4 nitrogen and oxygen atoms in total. The summed E-state index contributed by atoms with van der Waals surface area (Å²) in [6.07, 6.45) is 7.47. The fourth-order valence-corrected chi connectivity index (χ4v) is 3.32. The van der Waals surface area contributed by atoms with Crippen LogP contribution in [0.15, 0.2) is 18.3 Å². The van der Waals surface area contributed by atoms with E-state index in [1.807, 2.05) is 7.05 Å². The Hall–Kier alpha value is -1.20. The van der Waals surface area contributed by atoms with Gasteiger partial charge >= 0.3 is 0 Å². The molecule has 2 heterocycles. The molecule has 0 amide bonds. The van der Waals surface area contributed by atoms with Crippen LogP contribution in [-0.4, -0.2) is 28.6 Å². The molecule has 0 aromatic carbocycles. The lowest BCUT2D eigenvalue weighted by atomic mass is 10.00. The Bertz CT molecular complexity index is 520. The Morgan fingerprint density at radius 3 is 2.79 bits per heavy atom. The number of nitrogens with one attached hydrogen (secondary N) is 2. The van der Waals surface area contributed by atoms with E-state index in [2.05, 4.69) is 10.2 Å². The van der Waals surface area contributed by atoms with Crippen LogP contribution in [0, 0.1) is 11.2 Å². The monoisotopic (exact) mass is 264 g/mol. The van der Waals surface area contributed by atoms with Gasteiger partial charge in [-0.05, 0) is 44.9 Å². The summed E-state index contributed by atoms with van der Waals surface area (Å²) in [5, 5.41) is 11.3. The molecule has 1 atom stereocenters. The van der Waals surface area contributed by atoms with E-state index >= 15 is 0 Å². The molecule has 1 aromatic rings. The standard InChI is InChI=1S/C14H21FN4/c1-17-13(18-10-11(15)4-5-12(18)16)19-9-3-2-6-14(19)7-8-14/h4-5,10,13,16-17H,2-3,6-9H2,1H3. The summed E-state index contributed by atoms with van der Waals surface area (Å²) >= 11 is 0. The van der Waals surface area contributed by atoms with Crippen molar-refractivity contribution in [2.24, 2.45) is 0 Å². The van der Waals surface area contributed by atoms with Gasteiger partial charge in [0.05, 0.1) is 0 Å². The number of halogens is 1. The second-order valence-electron chi connectivity index (χ2n) is 5.68. The lowest BCUT2D eigenvalue weighted by Gasteiger charge is -2.42. The third-order valence-corrected chi connectivity index (χ3v) is 4.49. The first-order valence-electron chi connectivity index (χ1n) is 7.03. The van der Waals surface area contributed by atoms with Crippen molar-refractivity contribution < 1.29 is 4.39 Å². The lowest BCUT2D eigenvalue weighted by Crippen LogP contribution is -2.52. The quantitative estimate of drug-likeness (QED) is 0.874. The maximum Gasteiger partial charge on any atom is 0.142 e. The molecular weight excluding hydrogens is 243 g/mol. The van der Waals surface area contributed by atoms with Crippen LogP contribution in [0.25, 0.3) is 0 Å². The highest BCUT2D eigenvalue weighted by molar-refractivity contribution is 5.07. The van der Waals surface area contributed by atoms with Crippen LogP contribution in [0.1, 0.15) is 38.4 Å². The third-order valence-electron chi connectivity index (χ3n) is 4.49. The highest BCUT2D eigenvalue weighted by Gasteiger charge is 2.51. The molecule has 0 radical (unpaired) electrons. The number of pyridine rings is 1. The number of likely N-dealkylation sites (tertiary alicyclic amines) is 1. The van der Waals surface area contributed by atoms with Crippen molar-refractivity contribution >= 4 is 0 Å². The highest BCUT2D eigenvalue weighted by atomic mass is 19.1. The van der Waals surface area contributed by atoms with Gasteiger partial charge in [-0.1, -0.05) is 6.42 Å². The van der Waals surface area contributed by atoms with Gasteiger partial charge in [0.25, 0.3) is 0 Å². The van der Waals surface area contributed by atoms with Crippen LogP contribution >= 0.6 is 0 Å². The molecule has 19 heavy (non-hydrogen) atoms. The van der Waals surface area contributed by atoms with Crippen LogP contribution in [0.5, 0.6) is 0 Å².